The van der Waals surface area contributed by atoms with Gasteiger partial charge >= 0.3 is 11.8 Å². The van der Waals surface area contributed by atoms with Gasteiger partial charge in [-0.15, -0.1) is 0 Å². The Kier molecular flexibility index (Phi) is 5.08. The number of amides is 2. The summed E-state index contributed by atoms with van der Waals surface area (Å²) in [7, 11) is 1.40. The van der Waals surface area contributed by atoms with Crippen molar-refractivity contribution in [3.05, 3.63) is 58.6 Å². The number of hydrogen-bond donors (Lipinski definition) is 0. The highest BCUT2D eigenvalue weighted by molar-refractivity contribution is 6.41. The van der Waals surface area contributed by atoms with E-state index in [0.29, 0.717) is 11.3 Å². The van der Waals surface area contributed by atoms with Crippen LogP contribution >= 0.6 is 11.6 Å². The number of anilines is 1. The molecule has 2 aromatic carbocycles. The first-order chi connectivity index (χ1) is 12.4. The number of hydrogen-bond acceptors (Lipinski definition) is 3. The third-order valence-corrected chi connectivity index (χ3v) is 4.47. The van der Waals surface area contributed by atoms with Crippen LogP contribution in [0.2, 0.25) is 5.02 Å². The molecule has 1 heterocycles. The molecule has 0 saturated carbocycles. The van der Waals surface area contributed by atoms with Crippen LogP contribution in [0.3, 0.4) is 0 Å². The number of carbonyl (C=O) groups is 2. The van der Waals surface area contributed by atoms with Crippen molar-refractivity contribution in [1.82, 2.24) is 4.90 Å². The van der Waals surface area contributed by atoms with Gasteiger partial charge in [-0.3, -0.25) is 14.5 Å². The third kappa shape index (κ3) is 3.48. The van der Waals surface area contributed by atoms with Gasteiger partial charge in [0.1, 0.15) is 17.4 Å². The first kappa shape index (κ1) is 18.1. The van der Waals surface area contributed by atoms with E-state index >= 15 is 0 Å². The molecule has 0 bridgehead atoms. The molecule has 0 spiro atoms. The Labute approximate surface area is 153 Å². The topological polar surface area (TPSA) is 49.9 Å². The summed E-state index contributed by atoms with van der Waals surface area (Å²) in [5.41, 5.74) is 0.733. The molecular weight excluding hydrogens is 366 g/mol. The number of nitrogens with zero attached hydrogens (tertiary/aromatic N) is 2. The second-order valence-electron chi connectivity index (χ2n) is 5.74. The molecule has 1 fully saturated rings. The summed E-state index contributed by atoms with van der Waals surface area (Å²) >= 11 is 5.98. The summed E-state index contributed by atoms with van der Waals surface area (Å²) in [6.45, 7) is 0.471. The van der Waals surface area contributed by atoms with Gasteiger partial charge in [0.05, 0.1) is 12.8 Å². The quantitative estimate of drug-likeness (QED) is 0.766. The molecule has 8 heteroatoms. The number of rotatable bonds is 4. The van der Waals surface area contributed by atoms with Crippen molar-refractivity contribution in [2.24, 2.45) is 0 Å². The van der Waals surface area contributed by atoms with E-state index in [0.717, 1.165) is 12.1 Å². The van der Waals surface area contributed by atoms with Crippen LogP contribution in [-0.4, -0.2) is 36.9 Å². The van der Waals surface area contributed by atoms with E-state index < -0.39 is 23.4 Å². The Balaban J connectivity index is 1.81. The highest BCUT2D eigenvalue weighted by atomic mass is 35.5. The molecule has 26 heavy (non-hydrogen) atoms. The molecule has 136 valence electrons. The Hall–Kier alpha value is -2.67. The Morgan fingerprint density at radius 1 is 1.04 bits per heavy atom. The van der Waals surface area contributed by atoms with Crippen molar-refractivity contribution in [3.8, 4) is 5.75 Å². The minimum atomic E-state index is -0.793. The lowest BCUT2D eigenvalue weighted by Crippen LogP contribution is -2.54. The molecule has 1 aliphatic heterocycles. The van der Waals surface area contributed by atoms with Crippen LogP contribution in [0.1, 0.15) is 5.56 Å². The molecule has 0 N–H and O–H groups in total. The van der Waals surface area contributed by atoms with Crippen molar-refractivity contribution in [1.29, 1.82) is 0 Å². The Morgan fingerprint density at radius 3 is 2.42 bits per heavy atom. The summed E-state index contributed by atoms with van der Waals surface area (Å²) in [4.78, 5) is 27.5. The van der Waals surface area contributed by atoms with Crippen LogP contribution in [0.4, 0.5) is 14.5 Å². The van der Waals surface area contributed by atoms with Crippen molar-refractivity contribution < 1.29 is 23.1 Å². The van der Waals surface area contributed by atoms with Crippen LogP contribution in [0.25, 0.3) is 0 Å². The normalized spacial score (nSPS) is 14.8. The number of carbonyl (C=O) groups excluding carboxylic acids is 2. The number of methoxy groups -OCH3 is 1. The Bertz CT molecular complexity index is 876. The van der Waals surface area contributed by atoms with E-state index in [1.165, 1.54) is 41.2 Å². The average Bonchev–Trinajstić information content (AvgIpc) is 2.61. The monoisotopic (exact) mass is 380 g/mol. The maximum absolute atomic E-state index is 13.6. The molecule has 0 unspecified atom stereocenters. The first-order valence-corrected chi connectivity index (χ1v) is 8.16. The van der Waals surface area contributed by atoms with Gasteiger partial charge in [-0.05, 0) is 29.8 Å². The van der Waals surface area contributed by atoms with E-state index in [4.69, 9.17) is 16.3 Å². The molecule has 1 aliphatic rings. The molecule has 3 rings (SSSR count). The van der Waals surface area contributed by atoms with Crippen molar-refractivity contribution in [2.45, 2.75) is 6.54 Å². The van der Waals surface area contributed by atoms with Crippen LogP contribution < -0.4 is 9.64 Å². The number of ether oxygens (including phenoxy) is 1. The lowest BCUT2D eigenvalue weighted by molar-refractivity contribution is -0.146. The van der Waals surface area contributed by atoms with Gasteiger partial charge in [-0.2, -0.15) is 0 Å². The maximum atomic E-state index is 13.6. The predicted octanol–water partition coefficient (Wildman–Crippen LogP) is 3.00. The molecule has 5 nitrogen and oxygen atoms in total. The molecule has 2 aromatic rings. The van der Waals surface area contributed by atoms with Crippen molar-refractivity contribution in [2.75, 3.05) is 25.1 Å². The highest BCUT2D eigenvalue weighted by Crippen LogP contribution is 2.31. The molecule has 0 aromatic heterocycles. The number of halogens is 3. The fraction of sp³-hybridized carbons (Fsp3) is 0.222. The Morgan fingerprint density at radius 2 is 1.73 bits per heavy atom. The van der Waals surface area contributed by atoms with Crippen molar-refractivity contribution in [3.63, 3.8) is 0 Å². The number of piperazine rings is 1. The zero-order valence-corrected chi connectivity index (χ0v) is 14.6. The van der Waals surface area contributed by atoms with Gasteiger partial charge in [-0.25, -0.2) is 8.78 Å². The van der Waals surface area contributed by atoms with Gasteiger partial charge in [0, 0.05) is 30.7 Å². The third-order valence-electron chi connectivity index (χ3n) is 4.12. The van der Waals surface area contributed by atoms with E-state index in [1.807, 2.05) is 0 Å². The smallest absolute Gasteiger partial charge is 0.316 e. The van der Waals surface area contributed by atoms with Crippen LogP contribution in [0.15, 0.2) is 36.4 Å². The first-order valence-electron chi connectivity index (χ1n) is 7.79. The zero-order valence-electron chi connectivity index (χ0n) is 13.8. The minimum absolute atomic E-state index is 0.0812. The van der Waals surface area contributed by atoms with E-state index in [9.17, 15) is 18.4 Å². The average molecular weight is 381 g/mol. The summed E-state index contributed by atoms with van der Waals surface area (Å²) in [6.07, 6.45) is 0. The number of benzene rings is 2. The highest BCUT2D eigenvalue weighted by Gasteiger charge is 2.35. The molecule has 0 atom stereocenters. The summed E-state index contributed by atoms with van der Waals surface area (Å²) in [6, 6.07) is 7.61. The standard InChI is InChI=1S/C18H15ClF2N2O3/c1-26-16-5-4-13(21)9-15(16)23-7-6-22(17(24)18(23)25)10-11-2-3-12(20)8-14(11)19/h2-5,8-9H,6-7,10H2,1H3. The maximum Gasteiger partial charge on any atom is 0.316 e. The van der Waals surface area contributed by atoms with Gasteiger partial charge in [0.15, 0.2) is 0 Å². The van der Waals surface area contributed by atoms with Gasteiger partial charge in [-0.1, -0.05) is 17.7 Å². The van der Waals surface area contributed by atoms with Gasteiger partial charge < -0.3 is 9.64 Å². The van der Waals surface area contributed by atoms with Gasteiger partial charge in [0.2, 0.25) is 0 Å². The van der Waals surface area contributed by atoms with E-state index in [-0.39, 0.29) is 30.3 Å². The van der Waals surface area contributed by atoms with Crippen LogP contribution in [0.5, 0.6) is 5.75 Å². The second kappa shape index (κ2) is 7.29. The predicted molar refractivity (Wildman–Crippen MR) is 92.1 cm³/mol. The molecular formula is C18H15ClF2N2O3. The fourth-order valence-corrected chi connectivity index (χ4v) is 3.01. The molecule has 2 amide bonds. The zero-order chi connectivity index (χ0) is 18.8. The van der Waals surface area contributed by atoms with E-state index in [1.54, 1.807) is 0 Å². The van der Waals surface area contributed by atoms with Crippen LogP contribution in [0, 0.1) is 11.6 Å². The van der Waals surface area contributed by atoms with Crippen molar-refractivity contribution >= 4 is 29.1 Å². The fourth-order valence-electron chi connectivity index (χ4n) is 2.78. The summed E-state index contributed by atoms with van der Waals surface area (Å²) in [5, 5.41) is 0.180. The van der Waals surface area contributed by atoms with Gasteiger partial charge in [0.25, 0.3) is 0 Å². The summed E-state index contributed by atoms with van der Waals surface area (Å²) in [5.74, 6) is -2.27. The lowest BCUT2D eigenvalue weighted by Gasteiger charge is -2.34. The lowest BCUT2D eigenvalue weighted by atomic mass is 10.1. The SMILES string of the molecule is COc1ccc(F)cc1N1CCN(Cc2ccc(F)cc2Cl)C(=O)C1=O. The largest absolute Gasteiger partial charge is 0.495 e. The molecule has 1 saturated heterocycles. The second-order valence-corrected chi connectivity index (χ2v) is 6.14. The van der Waals surface area contributed by atoms with E-state index in [2.05, 4.69) is 0 Å². The molecule has 0 radical (unpaired) electrons. The minimum Gasteiger partial charge on any atom is -0.495 e. The molecule has 0 aliphatic carbocycles. The summed E-state index contributed by atoms with van der Waals surface area (Å²) < 4.78 is 31.9. The van der Waals surface area contributed by atoms with Crippen LogP contribution in [-0.2, 0) is 16.1 Å².